The van der Waals surface area contributed by atoms with E-state index in [-0.39, 0.29) is 11.8 Å². The fourth-order valence-corrected chi connectivity index (χ4v) is 5.95. The van der Waals surface area contributed by atoms with Gasteiger partial charge < -0.3 is 10.0 Å². The number of aromatic hydroxyl groups is 1. The van der Waals surface area contributed by atoms with E-state index in [1.807, 2.05) is 38.1 Å². The van der Waals surface area contributed by atoms with E-state index in [1.54, 1.807) is 24.3 Å². The molecule has 0 radical (unpaired) electrons. The summed E-state index contributed by atoms with van der Waals surface area (Å²) in [5.41, 5.74) is 2.02. The van der Waals surface area contributed by atoms with Crippen LogP contribution in [0.2, 0.25) is 0 Å². The molecule has 0 aromatic heterocycles. The summed E-state index contributed by atoms with van der Waals surface area (Å²) in [6.45, 7) is 10.9. The van der Waals surface area contributed by atoms with Crippen LogP contribution in [0.1, 0.15) is 44.9 Å². The average Bonchev–Trinajstić information content (AvgIpc) is 2.73. The highest BCUT2D eigenvalue weighted by Crippen LogP contribution is 2.34. The van der Waals surface area contributed by atoms with Crippen molar-refractivity contribution >= 4 is 10.0 Å². The molecule has 1 fully saturated rings. The number of likely N-dealkylation sites (N-methyl/N-ethyl adjacent to an activating group) is 1. The third-order valence-electron chi connectivity index (χ3n) is 6.40. The van der Waals surface area contributed by atoms with Gasteiger partial charge in [-0.05, 0) is 56.3 Å². The highest BCUT2D eigenvalue weighted by Gasteiger charge is 2.34. The Labute approximate surface area is 187 Å². The number of piperazine rings is 1. The van der Waals surface area contributed by atoms with Crippen molar-refractivity contribution in [3.8, 4) is 5.75 Å². The molecule has 1 aliphatic heterocycles. The third kappa shape index (κ3) is 4.95. The molecule has 170 valence electrons. The van der Waals surface area contributed by atoms with E-state index in [0.29, 0.717) is 30.1 Å². The van der Waals surface area contributed by atoms with Gasteiger partial charge in [0.2, 0.25) is 10.0 Å². The summed E-state index contributed by atoms with van der Waals surface area (Å²) in [6.07, 6.45) is 0. The van der Waals surface area contributed by atoms with E-state index in [4.69, 9.17) is 0 Å². The normalized spacial score (nSPS) is 22.0. The van der Waals surface area contributed by atoms with Crippen molar-refractivity contribution in [2.75, 3.05) is 33.2 Å². The van der Waals surface area contributed by atoms with Crippen molar-refractivity contribution in [1.82, 2.24) is 14.1 Å². The number of nitrogens with zero attached hydrogens (tertiary/aromatic N) is 3. The first-order valence-electron chi connectivity index (χ1n) is 11.0. The summed E-state index contributed by atoms with van der Waals surface area (Å²) < 4.78 is 27.3. The molecule has 1 aliphatic rings. The summed E-state index contributed by atoms with van der Waals surface area (Å²) in [6, 6.07) is 15.3. The predicted octanol–water partition coefficient (Wildman–Crippen LogP) is 3.54. The first kappa shape index (κ1) is 23.7. The van der Waals surface area contributed by atoms with E-state index in [2.05, 4.69) is 30.7 Å². The van der Waals surface area contributed by atoms with Crippen molar-refractivity contribution in [3.05, 3.63) is 59.7 Å². The standard InChI is InChI=1S/C24H35N3O3S/c1-6-26(7-2)31(29,30)23-13-11-20(12-14-23)24(21-9-8-10-22(28)15-21)27-17-18(3)25(5)16-19(27)4/h8-15,18-19,24,28H,6-7,16-17H2,1-5H3/t18-,19+,24?/m1/s1. The number of rotatable bonds is 7. The minimum atomic E-state index is -3.49. The van der Waals surface area contributed by atoms with Gasteiger partial charge in [0.05, 0.1) is 10.9 Å². The Bertz CT molecular complexity index is 974. The van der Waals surface area contributed by atoms with E-state index >= 15 is 0 Å². The van der Waals surface area contributed by atoms with Crippen LogP contribution in [0, 0.1) is 0 Å². The van der Waals surface area contributed by atoms with Crippen LogP contribution in [0.25, 0.3) is 0 Å². The Morgan fingerprint density at radius 1 is 1.00 bits per heavy atom. The van der Waals surface area contributed by atoms with Gasteiger partial charge in [0, 0.05) is 38.3 Å². The minimum Gasteiger partial charge on any atom is -0.508 e. The zero-order valence-corrected chi connectivity index (χ0v) is 20.0. The summed E-state index contributed by atoms with van der Waals surface area (Å²) in [4.78, 5) is 5.13. The summed E-state index contributed by atoms with van der Waals surface area (Å²) >= 11 is 0. The molecule has 1 heterocycles. The van der Waals surface area contributed by atoms with Gasteiger partial charge >= 0.3 is 0 Å². The zero-order chi connectivity index (χ0) is 22.8. The Hall–Kier alpha value is -1.93. The second-order valence-electron chi connectivity index (χ2n) is 8.49. The van der Waals surface area contributed by atoms with Gasteiger partial charge in [0.25, 0.3) is 0 Å². The molecule has 0 saturated carbocycles. The molecular weight excluding hydrogens is 410 g/mol. The largest absolute Gasteiger partial charge is 0.508 e. The van der Waals surface area contributed by atoms with Crippen LogP contribution in [-0.2, 0) is 10.0 Å². The molecule has 3 atom stereocenters. The first-order chi connectivity index (χ1) is 14.7. The van der Waals surface area contributed by atoms with Gasteiger partial charge in [0.1, 0.15) is 5.75 Å². The van der Waals surface area contributed by atoms with Gasteiger partial charge in [-0.2, -0.15) is 4.31 Å². The Kier molecular flexibility index (Phi) is 7.42. The molecule has 1 unspecified atom stereocenters. The topological polar surface area (TPSA) is 64.1 Å². The molecule has 0 bridgehead atoms. The third-order valence-corrected chi connectivity index (χ3v) is 8.47. The van der Waals surface area contributed by atoms with Crippen molar-refractivity contribution in [2.24, 2.45) is 0 Å². The van der Waals surface area contributed by atoms with Crippen LogP contribution in [0.15, 0.2) is 53.4 Å². The second-order valence-corrected chi connectivity index (χ2v) is 10.4. The lowest BCUT2D eigenvalue weighted by atomic mass is 9.93. The number of sulfonamides is 1. The molecule has 1 N–H and O–H groups in total. The molecule has 7 heteroatoms. The maximum Gasteiger partial charge on any atom is 0.243 e. The molecule has 3 rings (SSSR count). The van der Waals surface area contributed by atoms with E-state index in [0.717, 1.165) is 24.2 Å². The van der Waals surface area contributed by atoms with Crippen LogP contribution < -0.4 is 0 Å². The molecule has 2 aromatic rings. The van der Waals surface area contributed by atoms with Gasteiger partial charge in [-0.3, -0.25) is 4.90 Å². The van der Waals surface area contributed by atoms with E-state index < -0.39 is 10.0 Å². The number of phenolic OH excluding ortho intramolecular Hbond substituents is 1. The summed E-state index contributed by atoms with van der Waals surface area (Å²) in [5, 5.41) is 10.1. The Balaban J connectivity index is 2.02. The van der Waals surface area contributed by atoms with Crippen LogP contribution >= 0.6 is 0 Å². The molecule has 6 nitrogen and oxygen atoms in total. The lowest BCUT2D eigenvalue weighted by molar-refractivity contribution is 0.0389. The number of hydrogen-bond donors (Lipinski definition) is 1. The van der Waals surface area contributed by atoms with Crippen LogP contribution in [0.5, 0.6) is 5.75 Å². The summed E-state index contributed by atoms with van der Waals surface area (Å²) in [5.74, 6) is 0.234. The van der Waals surface area contributed by atoms with Crippen LogP contribution in [0.3, 0.4) is 0 Å². The molecule has 1 saturated heterocycles. The van der Waals surface area contributed by atoms with Gasteiger partial charge in [0.15, 0.2) is 0 Å². The Morgan fingerprint density at radius 2 is 1.65 bits per heavy atom. The fraction of sp³-hybridized carbons (Fsp3) is 0.500. The highest BCUT2D eigenvalue weighted by molar-refractivity contribution is 7.89. The van der Waals surface area contributed by atoms with Crippen molar-refractivity contribution in [3.63, 3.8) is 0 Å². The van der Waals surface area contributed by atoms with E-state index in [9.17, 15) is 13.5 Å². The molecule has 0 aliphatic carbocycles. The molecule has 31 heavy (non-hydrogen) atoms. The molecule has 2 aromatic carbocycles. The monoisotopic (exact) mass is 445 g/mol. The molecule has 0 spiro atoms. The summed E-state index contributed by atoms with van der Waals surface area (Å²) in [7, 11) is -1.35. The minimum absolute atomic E-state index is 0.0662. The number of phenols is 1. The van der Waals surface area contributed by atoms with Gasteiger partial charge in [-0.15, -0.1) is 0 Å². The fourth-order valence-electron chi connectivity index (χ4n) is 4.49. The van der Waals surface area contributed by atoms with Crippen molar-refractivity contribution in [1.29, 1.82) is 0 Å². The van der Waals surface area contributed by atoms with Crippen LogP contribution in [-0.4, -0.2) is 72.9 Å². The van der Waals surface area contributed by atoms with Crippen molar-refractivity contribution in [2.45, 2.75) is 50.7 Å². The predicted molar refractivity (Wildman–Crippen MR) is 125 cm³/mol. The van der Waals surface area contributed by atoms with E-state index in [1.165, 1.54) is 4.31 Å². The SMILES string of the molecule is CCN(CC)S(=O)(=O)c1ccc(C(c2cccc(O)c2)N2C[C@@H](C)N(C)C[C@@H]2C)cc1. The average molecular weight is 446 g/mol. The highest BCUT2D eigenvalue weighted by atomic mass is 32.2. The number of benzene rings is 2. The zero-order valence-electron chi connectivity index (χ0n) is 19.2. The first-order valence-corrected chi connectivity index (χ1v) is 12.5. The maximum atomic E-state index is 12.9. The second kappa shape index (κ2) is 9.69. The molecular formula is C24H35N3O3S. The Morgan fingerprint density at radius 3 is 2.23 bits per heavy atom. The lowest BCUT2D eigenvalue weighted by Gasteiger charge is -2.46. The number of hydrogen-bond acceptors (Lipinski definition) is 5. The maximum absolute atomic E-state index is 12.9. The van der Waals surface area contributed by atoms with Gasteiger partial charge in [-0.25, -0.2) is 8.42 Å². The quantitative estimate of drug-likeness (QED) is 0.706. The van der Waals surface area contributed by atoms with Crippen molar-refractivity contribution < 1.29 is 13.5 Å². The molecule has 0 amide bonds. The smallest absolute Gasteiger partial charge is 0.243 e. The van der Waals surface area contributed by atoms with Crippen LogP contribution in [0.4, 0.5) is 0 Å². The van der Waals surface area contributed by atoms with Gasteiger partial charge in [-0.1, -0.05) is 38.1 Å². The lowest BCUT2D eigenvalue weighted by Crippen LogP contribution is -2.55.